The van der Waals surface area contributed by atoms with E-state index in [1.807, 2.05) is 0 Å². The minimum absolute atomic E-state index is 0.163. The average Bonchev–Trinajstić information content (AvgIpc) is 2.90. The Balaban J connectivity index is 2.23. The maximum atomic E-state index is 12.7. The molecule has 1 aliphatic heterocycles. The second kappa shape index (κ2) is 6.22. The molecule has 3 nitrogen and oxygen atoms in total. The van der Waals surface area contributed by atoms with E-state index < -0.39 is 11.2 Å². The highest BCUT2D eigenvalue weighted by Crippen LogP contribution is 2.39. The van der Waals surface area contributed by atoms with Gasteiger partial charge in [-0.2, -0.15) is 13.2 Å². The van der Waals surface area contributed by atoms with Gasteiger partial charge in [-0.05, 0) is 46.8 Å². The van der Waals surface area contributed by atoms with Gasteiger partial charge >= 0.3 is 6.18 Å². The molecule has 1 N–H and O–H groups in total. The van der Waals surface area contributed by atoms with Gasteiger partial charge in [-0.3, -0.25) is 4.90 Å². The van der Waals surface area contributed by atoms with Gasteiger partial charge in [0, 0.05) is 16.6 Å². The number of aromatic nitrogens is 1. The molecular weight excluding hydrogens is 299 g/mol. The zero-order valence-electron chi connectivity index (χ0n) is 12.6. The predicted octanol–water partition coefficient (Wildman–Crippen LogP) is 3.69. The maximum absolute atomic E-state index is 12.7. The lowest BCUT2D eigenvalue weighted by Gasteiger charge is -2.45. The highest BCUT2D eigenvalue weighted by atomic mass is 32.1. The molecule has 0 bridgehead atoms. The van der Waals surface area contributed by atoms with Crippen molar-refractivity contribution in [2.45, 2.75) is 50.9 Å². The van der Waals surface area contributed by atoms with Gasteiger partial charge < -0.3 is 5.32 Å². The molecular formula is C14H22F3N3S. The molecule has 1 aromatic heterocycles. The zero-order chi connectivity index (χ0) is 15.7. The van der Waals surface area contributed by atoms with Crippen LogP contribution in [0.5, 0.6) is 0 Å². The average molecular weight is 321 g/mol. The van der Waals surface area contributed by atoms with Crippen LogP contribution in [0.2, 0.25) is 0 Å². The number of hydrogen-bond acceptors (Lipinski definition) is 4. The van der Waals surface area contributed by atoms with E-state index in [-0.39, 0.29) is 11.6 Å². The smallest absolute Gasteiger partial charge is 0.311 e. The molecule has 2 heterocycles. The lowest BCUT2D eigenvalue weighted by Crippen LogP contribution is -2.53. The third kappa shape index (κ3) is 3.57. The fraction of sp³-hybridized carbons (Fsp3) is 0.786. The number of piperidine rings is 1. The van der Waals surface area contributed by atoms with Crippen molar-refractivity contribution < 1.29 is 13.2 Å². The monoisotopic (exact) mass is 321 g/mol. The molecule has 21 heavy (non-hydrogen) atoms. The van der Waals surface area contributed by atoms with Gasteiger partial charge in [0.15, 0.2) is 5.01 Å². The molecule has 1 unspecified atom stereocenters. The molecule has 0 radical (unpaired) electrons. The van der Waals surface area contributed by atoms with Crippen molar-refractivity contribution in [2.75, 3.05) is 20.1 Å². The van der Waals surface area contributed by atoms with Gasteiger partial charge in [0.2, 0.25) is 0 Å². The summed E-state index contributed by atoms with van der Waals surface area (Å²) in [5.74, 6) is 0. The summed E-state index contributed by atoms with van der Waals surface area (Å²) in [4.78, 5) is 6.55. The summed E-state index contributed by atoms with van der Waals surface area (Å²) in [6.45, 7) is 6.17. The number of nitrogens with zero attached hydrogens (tertiary/aromatic N) is 2. The van der Waals surface area contributed by atoms with Crippen molar-refractivity contribution in [3.05, 3.63) is 16.1 Å². The number of rotatable bonds is 4. The first-order chi connectivity index (χ1) is 9.76. The van der Waals surface area contributed by atoms with E-state index in [0.29, 0.717) is 4.88 Å². The van der Waals surface area contributed by atoms with Crippen molar-refractivity contribution in [2.24, 2.45) is 0 Å². The number of hydrogen-bond donors (Lipinski definition) is 1. The van der Waals surface area contributed by atoms with E-state index >= 15 is 0 Å². The Morgan fingerprint density at radius 2 is 1.86 bits per heavy atom. The third-order valence-electron chi connectivity index (χ3n) is 4.22. The van der Waals surface area contributed by atoms with Crippen molar-refractivity contribution in [1.29, 1.82) is 0 Å². The molecule has 1 saturated heterocycles. The van der Waals surface area contributed by atoms with Gasteiger partial charge in [-0.1, -0.05) is 6.42 Å². The fourth-order valence-electron chi connectivity index (χ4n) is 3.05. The Morgan fingerprint density at radius 1 is 1.24 bits per heavy atom. The van der Waals surface area contributed by atoms with Crippen molar-refractivity contribution in [1.82, 2.24) is 15.2 Å². The van der Waals surface area contributed by atoms with Gasteiger partial charge in [-0.15, -0.1) is 11.3 Å². The molecule has 1 fully saturated rings. The van der Waals surface area contributed by atoms with Crippen LogP contribution in [-0.4, -0.2) is 35.6 Å². The Bertz CT molecular complexity index is 464. The normalized spacial score (nSPS) is 19.7. The van der Waals surface area contributed by atoms with E-state index in [4.69, 9.17) is 0 Å². The second-order valence-corrected chi connectivity index (χ2v) is 7.05. The molecule has 2 rings (SSSR count). The van der Waals surface area contributed by atoms with Crippen LogP contribution in [0.25, 0.3) is 0 Å². The number of likely N-dealkylation sites (N-methyl/N-ethyl adjacent to an activating group) is 1. The number of nitrogens with one attached hydrogen (secondary N) is 1. The summed E-state index contributed by atoms with van der Waals surface area (Å²) < 4.78 is 38.2. The first kappa shape index (κ1) is 16.7. The Hall–Kier alpha value is -0.660. The lowest BCUT2D eigenvalue weighted by molar-refractivity contribution is -0.137. The molecule has 0 amide bonds. The van der Waals surface area contributed by atoms with Crippen LogP contribution in [0.3, 0.4) is 0 Å². The molecule has 1 atom stereocenters. The highest BCUT2D eigenvalue weighted by Gasteiger charge is 2.40. The summed E-state index contributed by atoms with van der Waals surface area (Å²) in [7, 11) is 1.79. The molecule has 1 aliphatic rings. The van der Waals surface area contributed by atoms with E-state index in [0.717, 1.165) is 37.3 Å². The third-order valence-corrected chi connectivity index (χ3v) is 5.32. The van der Waals surface area contributed by atoms with Crippen LogP contribution in [0.15, 0.2) is 6.20 Å². The molecule has 0 aromatic carbocycles. The van der Waals surface area contributed by atoms with E-state index in [2.05, 4.69) is 29.0 Å². The van der Waals surface area contributed by atoms with E-state index in [9.17, 15) is 13.2 Å². The molecule has 7 heteroatoms. The fourth-order valence-corrected chi connectivity index (χ4v) is 4.12. The lowest BCUT2D eigenvalue weighted by atomic mass is 9.89. The first-order valence-electron chi connectivity index (χ1n) is 7.22. The van der Waals surface area contributed by atoms with Crippen LogP contribution >= 0.6 is 11.3 Å². The van der Waals surface area contributed by atoms with Crippen LogP contribution in [0, 0.1) is 0 Å². The van der Waals surface area contributed by atoms with Crippen LogP contribution in [0.4, 0.5) is 13.2 Å². The van der Waals surface area contributed by atoms with Gasteiger partial charge in [0.1, 0.15) is 0 Å². The van der Waals surface area contributed by atoms with Gasteiger partial charge in [0.05, 0.1) is 6.04 Å². The maximum Gasteiger partial charge on any atom is 0.443 e. The number of halogens is 3. The summed E-state index contributed by atoms with van der Waals surface area (Å²) in [5.41, 5.74) is -0.245. The summed E-state index contributed by atoms with van der Waals surface area (Å²) in [6, 6.07) is -0.163. The predicted molar refractivity (Wildman–Crippen MR) is 78.4 cm³/mol. The molecule has 0 spiro atoms. The van der Waals surface area contributed by atoms with Crippen LogP contribution < -0.4 is 5.32 Å². The summed E-state index contributed by atoms with van der Waals surface area (Å²) >= 11 is 0.738. The molecule has 0 saturated carbocycles. The zero-order valence-corrected chi connectivity index (χ0v) is 13.4. The topological polar surface area (TPSA) is 28.2 Å². The van der Waals surface area contributed by atoms with Crippen molar-refractivity contribution in [3.8, 4) is 0 Å². The van der Waals surface area contributed by atoms with Gasteiger partial charge in [0.25, 0.3) is 0 Å². The SMILES string of the molecule is CNC(c1cnc(C(F)(F)F)s1)C(C)(C)N1CCCCC1. The molecule has 120 valence electrons. The first-order valence-corrected chi connectivity index (χ1v) is 8.03. The van der Waals surface area contributed by atoms with Gasteiger partial charge in [-0.25, -0.2) is 4.98 Å². The van der Waals surface area contributed by atoms with E-state index in [1.54, 1.807) is 7.05 Å². The standard InChI is InChI=1S/C14H22F3N3S/c1-13(2,20-7-5-4-6-8-20)11(18-3)10-9-19-12(21-10)14(15,16)17/h9,11,18H,4-8H2,1-3H3. The number of alkyl halides is 3. The van der Waals surface area contributed by atoms with Crippen molar-refractivity contribution >= 4 is 11.3 Å². The quantitative estimate of drug-likeness (QED) is 0.917. The molecule has 1 aromatic rings. The van der Waals surface area contributed by atoms with Crippen molar-refractivity contribution in [3.63, 3.8) is 0 Å². The summed E-state index contributed by atoms with van der Waals surface area (Å²) in [5, 5.41) is 2.41. The molecule has 0 aliphatic carbocycles. The van der Waals surface area contributed by atoms with E-state index in [1.165, 1.54) is 12.6 Å². The van der Waals surface area contributed by atoms with Crippen LogP contribution in [-0.2, 0) is 6.18 Å². The second-order valence-electron chi connectivity index (χ2n) is 5.99. The highest BCUT2D eigenvalue weighted by molar-refractivity contribution is 7.11. The largest absolute Gasteiger partial charge is 0.443 e. The summed E-state index contributed by atoms with van der Waals surface area (Å²) in [6.07, 6.45) is 0.527. The minimum Gasteiger partial charge on any atom is -0.311 e. The Kier molecular flexibility index (Phi) is 4.95. The van der Waals surface area contributed by atoms with Crippen LogP contribution in [0.1, 0.15) is 49.0 Å². The Morgan fingerprint density at radius 3 is 2.33 bits per heavy atom. The minimum atomic E-state index is -4.36. The Labute approximate surface area is 127 Å². The number of likely N-dealkylation sites (tertiary alicyclic amines) is 1. The number of thiazole rings is 1.